The Morgan fingerprint density at radius 2 is 1.00 bits per heavy atom. The van der Waals surface area contributed by atoms with Gasteiger partial charge < -0.3 is 5.11 Å². The van der Waals surface area contributed by atoms with E-state index in [0.29, 0.717) is 6.42 Å². The molecule has 0 aromatic carbocycles. The minimum absolute atomic E-state index is 0. The van der Waals surface area contributed by atoms with Crippen LogP contribution in [0.15, 0.2) is 0 Å². The summed E-state index contributed by atoms with van der Waals surface area (Å²) in [5, 5.41) is 8.49. The van der Waals surface area contributed by atoms with Crippen molar-refractivity contribution in [1.82, 2.24) is 0 Å². The third kappa shape index (κ3) is 21.2. The van der Waals surface area contributed by atoms with Gasteiger partial charge in [0.05, 0.1) is 0 Å². The van der Waals surface area contributed by atoms with Gasteiger partial charge in [0, 0.05) is 44.2 Å². The SMILES string of the molecule is CCCCCCCCCCCCCCCC(=O)O.[Ho]. The zero-order chi connectivity index (χ0) is 13.5. The van der Waals surface area contributed by atoms with E-state index in [1.165, 1.54) is 70.6 Å². The maximum Gasteiger partial charge on any atom is 0.303 e. The third-order valence-electron chi connectivity index (χ3n) is 3.49. The van der Waals surface area contributed by atoms with Gasteiger partial charge in [-0.1, -0.05) is 84.0 Å². The van der Waals surface area contributed by atoms with E-state index in [1.54, 1.807) is 0 Å². The van der Waals surface area contributed by atoms with Crippen molar-refractivity contribution >= 4 is 5.97 Å². The fourth-order valence-electron chi connectivity index (χ4n) is 2.29. The standard InChI is InChI=1S/C16H32O2.Ho/c1-2-3-4-5-6-7-8-9-10-11-12-13-14-15-16(17)18;/h2-15H2,1H3,(H,17,18);. The number of aliphatic carboxylic acids is 1. The van der Waals surface area contributed by atoms with Gasteiger partial charge in [0.1, 0.15) is 0 Å². The molecule has 0 aromatic rings. The van der Waals surface area contributed by atoms with Crippen LogP contribution in [0.5, 0.6) is 0 Å². The quantitative estimate of drug-likeness (QED) is 0.295. The Balaban J connectivity index is 0. The maximum atomic E-state index is 10.3. The monoisotopic (exact) mass is 421 g/mol. The first-order chi connectivity index (χ1) is 8.77. The molecule has 0 aliphatic carbocycles. The van der Waals surface area contributed by atoms with E-state index in [2.05, 4.69) is 6.92 Å². The van der Waals surface area contributed by atoms with Gasteiger partial charge in [-0.25, -0.2) is 0 Å². The molecule has 0 heterocycles. The van der Waals surface area contributed by atoms with Crippen molar-refractivity contribution in [3.05, 3.63) is 0 Å². The molecular weight excluding hydrogens is 389 g/mol. The zero-order valence-corrected chi connectivity index (χ0v) is 14.5. The van der Waals surface area contributed by atoms with Crippen molar-refractivity contribution in [2.75, 3.05) is 0 Å². The molecule has 119 valence electrons. The van der Waals surface area contributed by atoms with Crippen molar-refractivity contribution in [3.63, 3.8) is 0 Å². The summed E-state index contributed by atoms with van der Waals surface area (Å²) in [6.07, 6.45) is 17.3. The van der Waals surface area contributed by atoms with E-state index in [-0.39, 0.29) is 37.7 Å². The summed E-state index contributed by atoms with van der Waals surface area (Å²) >= 11 is 0. The Labute approximate surface area is 149 Å². The first kappa shape index (κ1) is 22.0. The van der Waals surface area contributed by atoms with Gasteiger partial charge in [-0.15, -0.1) is 0 Å². The average Bonchev–Trinajstić information content (AvgIpc) is 2.34. The molecule has 0 rings (SSSR count). The van der Waals surface area contributed by atoms with Crippen molar-refractivity contribution in [3.8, 4) is 0 Å². The topological polar surface area (TPSA) is 37.3 Å². The number of hydrogen-bond donors (Lipinski definition) is 1. The summed E-state index contributed by atoms with van der Waals surface area (Å²) < 4.78 is 0. The Morgan fingerprint density at radius 1 is 0.684 bits per heavy atom. The first-order valence-electron chi connectivity index (χ1n) is 7.99. The summed E-state index contributed by atoms with van der Waals surface area (Å²) in [5.41, 5.74) is 0. The fraction of sp³-hybridized carbons (Fsp3) is 0.938. The Bertz CT molecular complexity index is 184. The average molecular weight is 421 g/mol. The minimum Gasteiger partial charge on any atom is -0.481 e. The summed E-state index contributed by atoms with van der Waals surface area (Å²) in [7, 11) is 0. The Kier molecular flexibility index (Phi) is 21.7. The molecule has 0 aliphatic rings. The fourth-order valence-corrected chi connectivity index (χ4v) is 2.29. The van der Waals surface area contributed by atoms with Crippen LogP contribution in [0.3, 0.4) is 0 Å². The number of rotatable bonds is 14. The summed E-state index contributed by atoms with van der Waals surface area (Å²) in [6.45, 7) is 2.26. The van der Waals surface area contributed by atoms with Crippen LogP contribution in [0.2, 0.25) is 0 Å². The van der Waals surface area contributed by atoms with Crippen LogP contribution in [0.4, 0.5) is 0 Å². The van der Waals surface area contributed by atoms with E-state index in [0.717, 1.165) is 12.8 Å². The second kappa shape index (κ2) is 18.7. The molecular formula is C16H32HoO2. The predicted molar refractivity (Wildman–Crippen MR) is 77.9 cm³/mol. The van der Waals surface area contributed by atoms with Gasteiger partial charge in [-0.2, -0.15) is 0 Å². The molecule has 1 N–H and O–H groups in total. The molecule has 0 bridgehead atoms. The van der Waals surface area contributed by atoms with Crippen LogP contribution in [0.25, 0.3) is 0 Å². The normalized spacial score (nSPS) is 10.2. The van der Waals surface area contributed by atoms with Crippen LogP contribution < -0.4 is 0 Å². The Morgan fingerprint density at radius 3 is 1.32 bits per heavy atom. The number of unbranched alkanes of at least 4 members (excludes halogenated alkanes) is 12. The molecule has 0 saturated heterocycles. The van der Waals surface area contributed by atoms with E-state index >= 15 is 0 Å². The van der Waals surface area contributed by atoms with Crippen LogP contribution >= 0.6 is 0 Å². The maximum absolute atomic E-state index is 10.3. The van der Waals surface area contributed by atoms with Gasteiger partial charge in [-0.3, -0.25) is 4.79 Å². The van der Waals surface area contributed by atoms with Crippen LogP contribution in [0, 0.1) is 37.7 Å². The van der Waals surface area contributed by atoms with E-state index < -0.39 is 5.97 Å². The molecule has 0 fully saturated rings. The molecule has 0 saturated carbocycles. The van der Waals surface area contributed by atoms with Crippen molar-refractivity contribution in [1.29, 1.82) is 0 Å². The van der Waals surface area contributed by atoms with Crippen molar-refractivity contribution in [2.45, 2.75) is 96.8 Å². The van der Waals surface area contributed by atoms with Gasteiger partial charge in [0.2, 0.25) is 0 Å². The van der Waals surface area contributed by atoms with Crippen molar-refractivity contribution in [2.24, 2.45) is 0 Å². The number of hydrogen-bond acceptors (Lipinski definition) is 1. The van der Waals surface area contributed by atoms with Gasteiger partial charge in [-0.05, 0) is 6.42 Å². The van der Waals surface area contributed by atoms with Gasteiger partial charge in [0.15, 0.2) is 0 Å². The van der Waals surface area contributed by atoms with Gasteiger partial charge in [0.25, 0.3) is 0 Å². The molecule has 0 unspecified atom stereocenters. The first-order valence-corrected chi connectivity index (χ1v) is 7.99. The number of carboxylic acids is 1. The van der Waals surface area contributed by atoms with Crippen LogP contribution in [-0.4, -0.2) is 11.1 Å². The summed E-state index contributed by atoms with van der Waals surface area (Å²) in [5.74, 6) is -0.655. The molecule has 1 radical (unpaired) electrons. The van der Waals surface area contributed by atoms with Gasteiger partial charge >= 0.3 is 5.97 Å². The van der Waals surface area contributed by atoms with E-state index in [9.17, 15) is 4.79 Å². The summed E-state index contributed by atoms with van der Waals surface area (Å²) in [6, 6.07) is 0. The third-order valence-corrected chi connectivity index (χ3v) is 3.49. The molecule has 3 heteroatoms. The largest absolute Gasteiger partial charge is 0.481 e. The summed E-state index contributed by atoms with van der Waals surface area (Å²) in [4.78, 5) is 10.3. The molecule has 0 spiro atoms. The number of carbonyl (C=O) groups is 1. The molecule has 0 atom stereocenters. The van der Waals surface area contributed by atoms with Crippen LogP contribution in [-0.2, 0) is 4.79 Å². The molecule has 0 aromatic heterocycles. The smallest absolute Gasteiger partial charge is 0.303 e. The second-order valence-corrected chi connectivity index (χ2v) is 5.39. The molecule has 2 nitrogen and oxygen atoms in total. The van der Waals surface area contributed by atoms with Crippen molar-refractivity contribution < 1.29 is 47.6 Å². The molecule has 19 heavy (non-hydrogen) atoms. The number of carboxylic acid groups (broad SMARTS) is 1. The van der Waals surface area contributed by atoms with E-state index in [4.69, 9.17) is 5.11 Å². The Hall–Kier alpha value is 0.730. The minimum atomic E-state index is -0.655. The van der Waals surface area contributed by atoms with Crippen LogP contribution in [0.1, 0.15) is 96.8 Å². The second-order valence-electron chi connectivity index (χ2n) is 5.39. The zero-order valence-electron chi connectivity index (χ0n) is 12.6. The van der Waals surface area contributed by atoms with E-state index in [1.807, 2.05) is 0 Å². The molecule has 0 amide bonds. The molecule has 0 aliphatic heterocycles. The predicted octanol–water partition coefficient (Wildman–Crippen LogP) is 5.55.